The van der Waals surface area contributed by atoms with Gasteiger partial charge < -0.3 is 5.73 Å². The van der Waals surface area contributed by atoms with Crippen LogP contribution < -0.4 is 5.73 Å². The lowest BCUT2D eigenvalue weighted by Crippen LogP contribution is -2.06. The number of halogens is 3. The minimum atomic E-state index is -4.36. The molecule has 1 heterocycles. The molecule has 0 saturated carbocycles. The molecule has 1 aromatic carbocycles. The molecule has 0 spiro atoms. The highest BCUT2D eigenvalue weighted by molar-refractivity contribution is 5.64. The summed E-state index contributed by atoms with van der Waals surface area (Å²) < 4.78 is 37.9. The van der Waals surface area contributed by atoms with Crippen LogP contribution in [0.15, 0.2) is 30.5 Å². The van der Waals surface area contributed by atoms with Crippen LogP contribution in [-0.2, 0) is 6.18 Å². The summed E-state index contributed by atoms with van der Waals surface area (Å²) in [6, 6.07) is 4.77. The Morgan fingerprint density at radius 1 is 1.33 bits per heavy atom. The summed E-state index contributed by atoms with van der Waals surface area (Å²) in [6.45, 7) is 1.75. The van der Waals surface area contributed by atoms with Crippen molar-refractivity contribution in [2.24, 2.45) is 5.73 Å². The van der Waals surface area contributed by atoms with Crippen molar-refractivity contribution < 1.29 is 13.2 Å². The Hall–Kier alpha value is -1.82. The lowest BCUT2D eigenvalue weighted by molar-refractivity contribution is -0.137. The maximum absolute atomic E-state index is 12.6. The molecule has 1 aromatic heterocycles. The Kier molecular flexibility index (Phi) is 3.13. The van der Waals surface area contributed by atoms with Gasteiger partial charge in [0.2, 0.25) is 0 Å². The van der Waals surface area contributed by atoms with E-state index in [-0.39, 0.29) is 6.04 Å². The number of alkyl halides is 3. The maximum Gasteiger partial charge on any atom is 0.416 e. The molecule has 0 saturated heterocycles. The molecule has 6 heteroatoms. The minimum absolute atomic E-state index is 0.298. The van der Waals surface area contributed by atoms with Gasteiger partial charge in [0.1, 0.15) is 0 Å². The van der Waals surface area contributed by atoms with Crippen LogP contribution >= 0.6 is 0 Å². The van der Waals surface area contributed by atoms with Crippen molar-refractivity contribution in [3.05, 3.63) is 41.6 Å². The number of aromatic nitrogens is 2. The third kappa shape index (κ3) is 2.38. The van der Waals surface area contributed by atoms with Gasteiger partial charge >= 0.3 is 6.18 Å². The number of hydrogen-bond donors (Lipinski definition) is 2. The summed E-state index contributed by atoms with van der Waals surface area (Å²) in [5.74, 6) is 0. The van der Waals surface area contributed by atoms with E-state index in [1.165, 1.54) is 12.3 Å². The number of nitrogens with two attached hydrogens (primary N) is 1. The molecule has 0 aliphatic carbocycles. The molecule has 3 N–H and O–H groups in total. The maximum atomic E-state index is 12.6. The van der Waals surface area contributed by atoms with E-state index >= 15 is 0 Å². The average Bonchev–Trinajstić information content (AvgIpc) is 2.77. The van der Waals surface area contributed by atoms with E-state index in [1.54, 1.807) is 13.0 Å². The van der Waals surface area contributed by atoms with E-state index < -0.39 is 11.7 Å². The normalized spacial score (nSPS) is 13.6. The fraction of sp³-hybridized carbons (Fsp3) is 0.250. The second kappa shape index (κ2) is 4.45. The van der Waals surface area contributed by atoms with Crippen LogP contribution in [0.5, 0.6) is 0 Å². The van der Waals surface area contributed by atoms with Crippen LogP contribution in [0, 0.1) is 0 Å². The first-order valence-corrected chi connectivity index (χ1v) is 5.36. The van der Waals surface area contributed by atoms with Crippen molar-refractivity contribution in [3.63, 3.8) is 0 Å². The third-order valence-corrected chi connectivity index (χ3v) is 2.64. The first-order valence-electron chi connectivity index (χ1n) is 5.36. The Morgan fingerprint density at radius 3 is 2.67 bits per heavy atom. The van der Waals surface area contributed by atoms with Gasteiger partial charge in [0.25, 0.3) is 0 Å². The van der Waals surface area contributed by atoms with E-state index in [4.69, 9.17) is 5.73 Å². The van der Waals surface area contributed by atoms with Crippen molar-refractivity contribution in [2.45, 2.75) is 19.1 Å². The van der Waals surface area contributed by atoms with Crippen molar-refractivity contribution in [1.82, 2.24) is 10.2 Å². The summed E-state index contributed by atoms with van der Waals surface area (Å²) in [5.41, 5.74) is 6.69. The van der Waals surface area contributed by atoms with Crippen LogP contribution in [0.4, 0.5) is 13.2 Å². The van der Waals surface area contributed by atoms with Gasteiger partial charge in [0, 0.05) is 17.2 Å². The Labute approximate surface area is 102 Å². The largest absolute Gasteiger partial charge is 0.416 e. The molecule has 0 aliphatic rings. The zero-order valence-corrected chi connectivity index (χ0v) is 9.62. The molecule has 2 aromatic rings. The van der Waals surface area contributed by atoms with Crippen LogP contribution in [0.2, 0.25) is 0 Å². The molecule has 0 fully saturated rings. The molecular weight excluding hydrogens is 243 g/mol. The zero-order chi connectivity index (χ0) is 13.3. The monoisotopic (exact) mass is 255 g/mol. The fourth-order valence-electron chi connectivity index (χ4n) is 1.72. The smallest absolute Gasteiger partial charge is 0.324 e. The molecule has 1 unspecified atom stereocenters. The van der Waals surface area contributed by atoms with Crippen LogP contribution in [0.1, 0.15) is 24.1 Å². The fourth-order valence-corrected chi connectivity index (χ4v) is 1.72. The molecule has 0 amide bonds. The summed E-state index contributed by atoms with van der Waals surface area (Å²) in [5, 5.41) is 6.51. The highest BCUT2D eigenvalue weighted by Gasteiger charge is 2.30. The molecule has 96 valence electrons. The molecule has 0 bridgehead atoms. The molecule has 0 radical (unpaired) electrons. The third-order valence-electron chi connectivity index (χ3n) is 2.64. The van der Waals surface area contributed by atoms with Gasteiger partial charge in [0.05, 0.1) is 17.5 Å². The summed E-state index contributed by atoms with van der Waals surface area (Å²) in [4.78, 5) is 0. The molecule has 3 nitrogen and oxygen atoms in total. The summed E-state index contributed by atoms with van der Waals surface area (Å²) >= 11 is 0. The van der Waals surface area contributed by atoms with Crippen molar-refractivity contribution in [1.29, 1.82) is 0 Å². The molecular formula is C12H12F3N3. The SMILES string of the molecule is CC(N)c1cn[nH]c1-c1cccc(C(F)(F)F)c1. The lowest BCUT2D eigenvalue weighted by atomic mass is 10.0. The number of aromatic amines is 1. The summed E-state index contributed by atoms with van der Waals surface area (Å²) in [6.07, 6.45) is -2.83. The van der Waals surface area contributed by atoms with E-state index in [2.05, 4.69) is 10.2 Å². The second-order valence-electron chi connectivity index (χ2n) is 4.07. The highest BCUT2D eigenvalue weighted by atomic mass is 19.4. The van der Waals surface area contributed by atoms with Crippen molar-refractivity contribution in [3.8, 4) is 11.3 Å². The Bertz CT molecular complexity index is 543. The lowest BCUT2D eigenvalue weighted by Gasteiger charge is -2.10. The molecule has 1 atom stereocenters. The van der Waals surface area contributed by atoms with Crippen LogP contribution in [-0.4, -0.2) is 10.2 Å². The predicted octanol–water partition coefficient (Wildman–Crippen LogP) is 3.12. The van der Waals surface area contributed by atoms with E-state index in [9.17, 15) is 13.2 Å². The van der Waals surface area contributed by atoms with Gasteiger partial charge in [0.15, 0.2) is 0 Å². The molecule has 2 rings (SSSR count). The van der Waals surface area contributed by atoms with E-state index in [1.807, 2.05) is 0 Å². The van der Waals surface area contributed by atoms with E-state index in [0.29, 0.717) is 16.8 Å². The van der Waals surface area contributed by atoms with E-state index in [0.717, 1.165) is 12.1 Å². The number of nitrogens with one attached hydrogen (secondary N) is 1. The van der Waals surface area contributed by atoms with Crippen molar-refractivity contribution in [2.75, 3.05) is 0 Å². The minimum Gasteiger partial charge on any atom is -0.324 e. The van der Waals surface area contributed by atoms with Gasteiger partial charge in [-0.2, -0.15) is 18.3 Å². The average molecular weight is 255 g/mol. The molecule has 0 aliphatic heterocycles. The Balaban J connectivity index is 2.48. The highest BCUT2D eigenvalue weighted by Crippen LogP contribution is 2.33. The zero-order valence-electron chi connectivity index (χ0n) is 9.62. The van der Waals surface area contributed by atoms with Gasteiger partial charge in [-0.1, -0.05) is 12.1 Å². The molecule has 18 heavy (non-hydrogen) atoms. The number of benzene rings is 1. The van der Waals surface area contributed by atoms with Gasteiger partial charge in [-0.05, 0) is 19.1 Å². The van der Waals surface area contributed by atoms with Crippen molar-refractivity contribution >= 4 is 0 Å². The second-order valence-corrected chi connectivity index (χ2v) is 4.07. The van der Waals surface area contributed by atoms with Crippen LogP contribution in [0.25, 0.3) is 11.3 Å². The van der Waals surface area contributed by atoms with Gasteiger partial charge in [-0.3, -0.25) is 5.10 Å². The number of H-pyrrole nitrogens is 1. The standard InChI is InChI=1S/C12H12F3N3/c1-7(16)10-6-17-18-11(10)8-3-2-4-9(5-8)12(13,14)15/h2-7H,16H2,1H3,(H,17,18). The van der Waals surface area contributed by atoms with Crippen LogP contribution in [0.3, 0.4) is 0 Å². The first-order chi connectivity index (χ1) is 8.39. The van der Waals surface area contributed by atoms with Gasteiger partial charge in [-0.15, -0.1) is 0 Å². The first kappa shape index (κ1) is 12.6. The number of hydrogen-bond acceptors (Lipinski definition) is 2. The number of rotatable bonds is 2. The summed E-state index contributed by atoms with van der Waals surface area (Å²) in [7, 11) is 0. The van der Waals surface area contributed by atoms with Gasteiger partial charge in [-0.25, -0.2) is 0 Å². The quantitative estimate of drug-likeness (QED) is 0.866. The number of nitrogens with zero attached hydrogens (tertiary/aromatic N) is 1. The Morgan fingerprint density at radius 2 is 2.06 bits per heavy atom. The predicted molar refractivity (Wildman–Crippen MR) is 61.6 cm³/mol. The topological polar surface area (TPSA) is 54.7 Å².